The van der Waals surface area contributed by atoms with Crippen molar-refractivity contribution in [2.45, 2.75) is 16.9 Å². The third-order valence-corrected chi connectivity index (χ3v) is 4.84. The van der Waals surface area contributed by atoms with Gasteiger partial charge in [-0.25, -0.2) is 13.2 Å². The molecule has 17 heavy (non-hydrogen) atoms. The molecule has 0 bridgehead atoms. The van der Waals surface area contributed by atoms with Crippen LogP contribution in [-0.2, 0) is 25.0 Å². The SMILES string of the molecule is COC1(C(=O)O)CCS(=O)(=O)c2ccccc21. The first kappa shape index (κ1) is 12.1. The fraction of sp³-hybridized carbons (Fsp3) is 0.364. The molecule has 6 heteroatoms. The number of methoxy groups -OCH3 is 1. The van der Waals surface area contributed by atoms with Crippen LogP contribution in [0.4, 0.5) is 0 Å². The first-order valence-electron chi connectivity index (χ1n) is 5.05. The quantitative estimate of drug-likeness (QED) is 0.846. The van der Waals surface area contributed by atoms with Gasteiger partial charge in [-0.2, -0.15) is 0 Å². The minimum Gasteiger partial charge on any atom is -0.479 e. The molecule has 1 aliphatic rings. The molecule has 0 amide bonds. The van der Waals surface area contributed by atoms with Gasteiger partial charge in [-0.15, -0.1) is 0 Å². The van der Waals surface area contributed by atoms with Crippen molar-refractivity contribution in [3.05, 3.63) is 29.8 Å². The molecule has 0 fully saturated rings. The van der Waals surface area contributed by atoms with Crippen LogP contribution in [0.15, 0.2) is 29.2 Å². The van der Waals surface area contributed by atoms with E-state index in [1.54, 1.807) is 12.1 Å². The summed E-state index contributed by atoms with van der Waals surface area (Å²) >= 11 is 0. The van der Waals surface area contributed by atoms with Crippen LogP contribution in [0, 0.1) is 0 Å². The minimum atomic E-state index is -3.40. The predicted molar refractivity (Wildman–Crippen MR) is 59.4 cm³/mol. The monoisotopic (exact) mass is 256 g/mol. The lowest BCUT2D eigenvalue weighted by atomic mass is 9.90. The minimum absolute atomic E-state index is 0.0514. The van der Waals surface area contributed by atoms with Crippen LogP contribution in [0.2, 0.25) is 0 Å². The molecule has 1 N–H and O–H groups in total. The van der Waals surface area contributed by atoms with E-state index in [4.69, 9.17) is 4.74 Å². The third-order valence-electron chi connectivity index (χ3n) is 3.07. The van der Waals surface area contributed by atoms with Gasteiger partial charge < -0.3 is 9.84 Å². The van der Waals surface area contributed by atoms with Crippen molar-refractivity contribution in [3.8, 4) is 0 Å². The summed E-state index contributed by atoms with van der Waals surface area (Å²) < 4.78 is 28.8. The number of aliphatic carboxylic acids is 1. The molecule has 0 aliphatic carbocycles. The number of rotatable bonds is 2. The molecule has 1 aliphatic heterocycles. The zero-order chi connectivity index (χ0) is 12.7. The molecule has 0 saturated heterocycles. The molecule has 1 heterocycles. The maximum absolute atomic E-state index is 11.9. The summed E-state index contributed by atoms with van der Waals surface area (Å²) in [6.07, 6.45) is -0.0713. The molecule has 92 valence electrons. The smallest absolute Gasteiger partial charge is 0.340 e. The van der Waals surface area contributed by atoms with E-state index in [0.717, 1.165) is 0 Å². The van der Waals surface area contributed by atoms with Crippen molar-refractivity contribution < 1.29 is 23.1 Å². The Balaban J connectivity index is 2.75. The maximum atomic E-state index is 11.9. The highest BCUT2D eigenvalue weighted by Crippen LogP contribution is 2.39. The third kappa shape index (κ3) is 1.64. The number of fused-ring (bicyclic) bond motifs is 1. The highest BCUT2D eigenvalue weighted by Gasteiger charge is 2.48. The highest BCUT2D eigenvalue weighted by atomic mass is 32.2. The zero-order valence-corrected chi connectivity index (χ0v) is 10.0. The molecule has 1 aromatic rings. The standard InChI is InChI=1S/C11H12O5S/c1-16-11(10(12)13)6-7-17(14,15)9-5-3-2-4-8(9)11/h2-5H,6-7H2,1H3,(H,12,13). The Bertz CT molecular complexity index is 563. The Kier molecular flexibility index (Phi) is 2.71. The van der Waals surface area contributed by atoms with E-state index in [1.165, 1.54) is 19.2 Å². The molecule has 1 unspecified atom stereocenters. The van der Waals surface area contributed by atoms with E-state index in [0.29, 0.717) is 0 Å². The molecule has 2 rings (SSSR count). The predicted octanol–water partition coefficient (Wildman–Crippen LogP) is 0.790. The topological polar surface area (TPSA) is 80.7 Å². The van der Waals surface area contributed by atoms with E-state index >= 15 is 0 Å². The normalized spacial score (nSPS) is 26.2. The fourth-order valence-corrected chi connectivity index (χ4v) is 3.75. The average molecular weight is 256 g/mol. The number of ether oxygens (including phenoxy) is 1. The summed E-state index contributed by atoms with van der Waals surface area (Å²) in [5.41, 5.74) is -1.34. The number of sulfone groups is 1. The van der Waals surface area contributed by atoms with Crippen molar-refractivity contribution in [2.75, 3.05) is 12.9 Å². The van der Waals surface area contributed by atoms with Crippen LogP contribution in [0.1, 0.15) is 12.0 Å². The Hall–Kier alpha value is -1.40. The summed E-state index contributed by atoms with van der Waals surface area (Å²) in [6.45, 7) is 0. The summed E-state index contributed by atoms with van der Waals surface area (Å²) in [5, 5.41) is 9.29. The number of carbonyl (C=O) groups is 1. The first-order valence-corrected chi connectivity index (χ1v) is 6.70. The number of carboxylic acid groups (broad SMARTS) is 1. The summed E-state index contributed by atoms with van der Waals surface area (Å²) in [5.74, 6) is -1.38. The molecule has 0 spiro atoms. The molecule has 1 atom stereocenters. The van der Waals surface area contributed by atoms with Crippen LogP contribution in [0.5, 0.6) is 0 Å². The molecule has 5 nitrogen and oxygen atoms in total. The molecule has 1 aromatic carbocycles. The number of benzene rings is 1. The van der Waals surface area contributed by atoms with Gasteiger partial charge in [0.1, 0.15) is 0 Å². The number of hydrogen-bond donors (Lipinski definition) is 1. The lowest BCUT2D eigenvalue weighted by Crippen LogP contribution is -2.43. The Morgan fingerprint density at radius 1 is 1.41 bits per heavy atom. The van der Waals surface area contributed by atoms with E-state index in [-0.39, 0.29) is 22.6 Å². The van der Waals surface area contributed by atoms with Crippen LogP contribution in [0.3, 0.4) is 0 Å². The summed E-state index contributed by atoms with van der Waals surface area (Å²) in [7, 11) is -2.12. The average Bonchev–Trinajstić information content (AvgIpc) is 2.30. The van der Waals surface area contributed by atoms with Crippen molar-refractivity contribution in [3.63, 3.8) is 0 Å². The van der Waals surface area contributed by atoms with Gasteiger partial charge in [-0.05, 0) is 6.07 Å². The van der Waals surface area contributed by atoms with Gasteiger partial charge in [0, 0.05) is 19.1 Å². The van der Waals surface area contributed by atoms with E-state index in [2.05, 4.69) is 0 Å². The Labute approximate surface area is 98.9 Å². The number of carboxylic acids is 1. The van der Waals surface area contributed by atoms with Crippen molar-refractivity contribution in [1.82, 2.24) is 0 Å². The lowest BCUT2D eigenvalue weighted by Gasteiger charge is -2.33. The van der Waals surface area contributed by atoms with E-state index in [1.807, 2.05) is 0 Å². The van der Waals surface area contributed by atoms with Crippen LogP contribution in [0.25, 0.3) is 0 Å². The van der Waals surface area contributed by atoms with Crippen molar-refractivity contribution in [2.24, 2.45) is 0 Å². The van der Waals surface area contributed by atoms with Gasteiger partial charge in [0.2, 0.25) is 0 Å². The van der Waals surface area contributed by atoms with Crippen molar-refractivity contribution >= 4 is 15.8 Å². The summed E-state index contributed by atoms with van der Waals surface area (Å²) in [4.78, 5) is 11.4. The van der Waals surface area contributed by atoms with Gasteiger partial charge in [-0.1, -0.05) is 18.2 Å². The molecular weight excluding hydrogens is 244 g/mol. The summed E-state index contributed by atoms with van der Waals surface area (Å²) in [6, 6.07) is 6.09. The second-order valence-electron chi connectivity index (χ2n) is 3.90. The fourth-order valence-electron chi connectivity index (χ4n) is 2.12. The lowest BCUT2D eigenvalue weighted by molar-refractivity contribution is -0.164. The van der Waals surface area contributed by atoms with E-state index < -0.39 is 21.4 Å². The van der Waals surface area contributed by atoms with Crippen LogP contribution in [-0.4, -0.2) is 32.4 Å². The Morgan fingerprint density at radius 3 is 2.65 bits per heavy atom. The van der Waals surface area contributed by atoms with Gasteiger partial charge in [-0.3, -0.25) is 0 Å². The Morgan fingerprint density at radius 2 is 2.06 bits per heavy atom. The van der Waals surface area contributed by atoms with Crippen LogP contribution < -0.4 is 0 Å². The van der Waals surface area contributed by atoms with Gasteiger partial charge in [0.15, 0.2) is 15.4 Å². The largest absolute Gasteiger partial charge is 0.479 e. The van der Waals surface area contributed by atoms with Crippen LogP contribution >= 0.6 is 0 Å². The molecule has 0 radical (unpaired) electrons. The van der Waals surface area contributed by atoms with Gasteiger partial charge >= 0.3 is 5.97 Å². The van der Waals surface area contributed by atoms with Gasteiger partial charge in [0.05, 0.1) is 10.6 Å². The molecule has 0 aromatic heterocycles. The van der Waals surface area contributed by atoms with E-state index in [9.17, 15) is 18.3 Å². The highest BCUT2D eigenvalue weighted by molar-refractivity contribution is 7.91. The maximum Gasteiger partial charge on any atom is 0.340 e. The van der Waals surface area contributed by atoms with Gasteiger partial charge in [0.25, 0.3) is 0 Å². The zero-order valence-electron chi connectivity index (χ0n) is 9.21. The molecular formula is C11H12O5S. The first-order chi connectivity index (χ1) is 7.94. The second kappa shape index (κ2) is 3.82. The van der Waals surface area contributed by atoms with Crippen molar-refractivity contribution in [1.29, 1.82) is 0 Å². The second-order valence-corrected chi connectivity index (χ2v) is 5.98. The molecule has 0 saturated carbocycles. The number of hydrogen-bond acceptors (Lipinski definition) is 4.